The maximum atomic E-state index is 9.47. The first kappa shape index (κ1) is 64.3. The Morgan fingerprint density at radius 3 is 0.718 bits per heavy atom. The lowest BCUT2D eigenvalue weighted by Gasteiger charge is -2.32. The highest BCUT2D eigenvalue weighted by atomic mass is 127. The van der Waals surface area contributed by atoms with Crippen LogP contribution in [0.2, 0.25) is 15.1 Å². The maximum absolute atomic E-state index is 9.47. The molecule has 0 unspecified atom stereocenters. The number of nitrogens with zero attached hydrogens (tertiary/aromatic N) is 3. The van der Waals surface area contributed by atoms with E-state index in [1.54, 1.807) is 51.1 Å². The number of nitrogens with one attached hydrogen (secondary N) is 1. The third kappa shape index (κ3) is 23.0. The number of hydrogen-bond donors (Lipinski definition) is 1. The molecule has 0 aliphatic rings. The highest BCUT2D eigenvalue weighted by Gasteiger charge is 2.27. The molecule has 10 aromatic carbocycles. The molecule has 0 amide bonds. The van der Waals surface area contributed by atoms with E-state index in [1.165, 1.54) is 5.56 Å². The van der Waals surface area contributed by atoms with Gasteiger partial charge in [0, 0.05) is 45.5 Å². The number of halogens is 5. The second-order valence-electron chi connectivity index (χ2n) is 33.5. The third-order valence-corrected chi connectivity index (χ3v) is 17.9. The summed E-state index contributed by atoms with van der Waals surface area (Å²) in [6, 6.07) is 39.6. The van der Waals surface area contributed by atoms with Crippen molar-refractivity contribution in [3.8, 4) is 0 Å². The summed E-state index contributed by atoms with van der Waals surface area (Å²) in [7, 11) is 0. The summed E-state index contributed by atoms with van der Waals surface area (Å²) in [5.74, 6) is 0. The average Bonchev–Trinajstić information content (AvgIpc) is 0.744. The molecule has 10 aromatic rings. The van der Waals surface area contributed by atoms with Crippen LogP contribution in [-0.4, -0.2) is 0 Å². The van der Waals surface area contributed by atoms with Crippen LogP contribution in [0.15, 0.2) is 230 Å². The molecule has 0 spiro atoms. The van der Waals surface area contributed by atoms with Gasteiger partial charge in [-0.15, -0.1) is 0 Å². The predicted octanol–water partition coefficient (Wildman–Crippen LogP) is 32.1. The van der Waals surface area contributed by atoms with Gasteiger partial charge >= 0.3 is 0 Å². The molecular weight excluding hydrogens is 1440 g/mol. The fraction of sp³-hybridized carbons (Fsp3) is 0.362. The van der Waals surface area contributed by atoms with Gasteiger partial charge in [0.25, 0.3) is 0 Å². The van der Waals surface area contributed by atoms with E-state index in [-0.39, 0.29) is 166 Å². The van der Waals surface area contributed by atoms with Crippen molar-refractivity contribution in [2.75, 3.05) is 20.0 Å². The smallest absolute Gasteiger partial charge is 0.171 e. The summed E-state index contributed by atoms with van der Waals surface area (Å²) in [5, 5.41) is 3.81. The second-order valence-corrected chi connectivity index (χ2v) is 34.6. The molecule has 10 rings (SSSR count). The van der Waals surface area contributed by atoms with Crippen molar-refractivity contribution in [2.45, 2.75) is 224 Å². The lowest BCUT2D eigenvalue weighted by atomic mass is 9.86. The Labute approximate surface area is 675 Å². The normalized spacial score (nSPS) is 14.1. The molecule has 0 atom stereocenters. The quantitative estimate of drug-likeness (QED) is 0.130. The van der Waals surface area contributed by atoms with Crippen LogP contribution in [0.1, 0.15) is 247 Å². The van der Waals surface area contributed by atoms with Crippen LogP contribution in [0, 0.1) is 0 Å². The SMILES string of the molecule is C.C.FI.[2H]c1c([2H])c(C(C)(C)C)c([2H])c([2H])c1N(c1ccc(C(C)(C)C)cc1)c1cccc(Cl)c1Cl.[2H]c1c([2H])c(C(C)(C)C)c([2H])c([2H])c1N(c1ccc(C(C)(C)C)cc1)c1cccc(N(c2ccc(C(C)(C)C)cc2)c2c([2H])c([2H])c(C(C)(C)C)c([2H])c2[2H])c1Cl.[2H]c1c([2H])c(C(C)(C)C)c([2H])c([2H])c1Nc1ccc(C(C)(C)C)cc1. The Bertz CT molecular complexity index is 5020. The molecule has 4 nitrogen and oxygen atoms in total. The zero-order valence-corrected chi connectivity index (χ0v) is 67.9. The van der Waals surface area contributed by atoms with Crippen LogP contribution < -0.4 is 20.0 Å². The standard InChI is InChI=1S/C46H55ClN2.C26H29Cl2N.C20H27N.2CH4.FI/c1-43(2,3)32-16-24-36(25-17-32)48(37-26-18-33(19-27-37)44(4,5)6)40-14-13-15-41(42(40)47)49(38-28-20-34(21-29-38)45(7,8)9)39-30-22-35(23-31-39)46(10,11)12;1-25(2,3)18-10-14-20(15-11-18)29(23-9-7-8-22(27)24(23)28)21-16-12-19(13-17-21)26(4,5)6;1-19(2,3)15-7-11-17(12-8-15)21-18-13-9-16(10-14-18)20(4,5)6;;;1-2/h13-31H,1-12H3;7-17H,1-6H3;7-14,21H,1-6H3;2*1H4;/i16D,17D,20D,21D,24D,25D,28D,29D;10D,11D,14D,15D;7D,8D,11D,12D;;;. The van der Waals surface area contributed by atoms with Gasteiger partial charge in [0.1, 0.15) is 0 Å². The van der Waals surface area contributed by atoms with Gasteiger partial charge in [-0.05, 0) is 209 Å². The Kier molecular flexibility index (Phi) is 21.8. The van der Waals surface area contributed by atoms with Crippen LogP contribution in [0.3, 0.4) is 0 Å². The molecule has 103 heavy (non-hydrogen) atoms. The molecule has 0 saturated heterocycles. The summed E-state index contributed by atoms with van der Waals surface area (Å²) in [6.45, 7) is 48.0. The molecule has 0 heterocycles. The van der Waals surface area contributed by atoms with E-state index in [1.807, 2.05) is 180 Å². The molecule has 0 aliphatic carbocycles. The first-order chi connectivity index (χ1) is 53.6. The van der Waals surface area contributed by atoms with Crippen molar-refractivity contribution in [1.82, 2.24) is 0 Å². The van der Waals surface area contributed by atoms with Crippen molar-refractivity contribution in [2.24, 2.45) is 0 Å². The zero-order valence-electron chi connectivity index (χ0n) is 79.4. The summed E-state index contributed by atoms with van der Waals surface area (Å²) in [5.41, 5.74) is 7.22. The fourth-order valence-corrected chi connectivity index (χ4v) is 11.0. The van der Waals surface area contributed by atoms with Crippen molar-refractivity contribution in [3.63, 3.8) is 0 Å². The maximum Gasteiger partial charge on any atom is 0.171 e. The van der Waals surface area contributed by atoms with Crippen LogP contribution in [-0.2, 0) is 43.3 Å². The first-order valence-electron chi connectivity index (χ1n) is 42.0. The Morgan fingerprint density at radius 2 is 0.476 bits per heavy atom. The van der Waals surface area contributed by atoms with Crippen LogP contribution in [0.4, 0.5) is 65.4 Å². The Balaban J connectivity index is 0.000000344. The Morgan fingerprint density at radius 1 is 0.262 bits per heavy atom. The van der Waals surface area contributed by atoms with Gasteiger partial charge in [-0.2, -0.15) is 2.86 Å². The van der Waals surface area contributed by atoms with Gasteiger partial charge in [0.15, 0.2) is 23.2 Å². The summed E-state index contributed by atoms with van der Waals surface area (Å²) in [4.78, 5) is 4.95. The van der Waals surface area contributed by atoms with E-state index < -0.39 is 21.7 Å². The predicted molar refractivity (Wildman–Crippen MR) is 466 cm³/mol. The lowest BCUT2D eigenvalue weighted by molar-refractivity contribution is 0.590. The minimum absolute atomic E-state index is 0. The van der Waals surface area contributed by atoms with Crippen molar-refractivity contribution < 1.29 is 24.8 Å². The highest BCUT2D eigenvalue weighted by Crippen LogP contribution is 2.49. The molecule has 0 aliphatic heterocycles. The largest absolute Gasteiger partial charge is 0.356 e. The lowest BCUT2D eigenvalue weighted by Crippen LogP contribution is -2.16. The van der Waals surface area contributed by atoms with E-state index in [0.717, 1.165) is 22.4 Å². The second kappa shape index (κ2) is 34.9. The van der Waals surface area contributed by atoms with Gasteiger partial charge in [0.05, 0.1) is 54.1 Å². The van der Waals surface area contributed by atoms with E-state index in [4.69, 9.17) is 51.3 Å². The molecule has 9 heteroatoms. The van der Waals surface area contributed by atoms with Crippen molar-refractivity contribution in [1.29, 1.82) is 0 Å². The fourth-order valence-electron chi connectivity index (χ4n) is 10.3. The van der Waals surface area contributed by atoms with Gasteiger partial charge in [-0.1, -0.05) is 325 Å². The van der Waals surface area contributed by atoms with Crippen LogP contribution in [0.5, 0.6) is 0 Å². The molecular formula is C94H119Cl3FIN4. The Hall–Kier alpha value is -7.07. The van der Waals surface area contributed by atoms with Gasteiger partial charge in [-0.25, -0.2) is 0 Å². The minimum atomic E-state index is -0.671. The molecule has 0 saturated carbocycles. The monoisotopic (exact) mass is 1570 g/mol. The molecule has 0 aromatic heterocycles. The van der Waals surface area contributed by atoms with E-state index >= 15 is 0 Å². The topological polar surface area (TPSA) is 21.8 Å². The minimum Gasteiger partial charge on any atom is -0.356 e. The van der Waals surface area contributed by atoms with Crippen molar-refractivity contribution in [3.05, 3.63) is 290 Å². The van der Waals surface area contributed by atoms with Crippen LogP contribution >= 0.6 is 58.0 Å². The van der Waals surface area contributed by atoms with Gasteiger partial charge in [0.2, 0.25) is 0 Å². The van der Waals surface area contributed by atoms with Gasteiger partial charge < -0.3 is 20.0 Å². The van der Waals surface area contributed by atoms with E-state index in [2.05, 4.69) is 88.4 Å². The zero-order chi connectivity index (χ0) is 88.9. The van der Waals surface area contributed by atoms with Crippen molar-refractivity contribution >= 4 is 121 Å². The molecule has 0 bridgehead atoms. The number of rotatable bonds is 11. The molecule has 0 radical (unpaired) electrons. The summed E-state index contributed by atoms with van der Waals surface area (Å²) >= 11 is 21.1. The van der Waals surface area contributed by atoms with Crippen LogP contribution in [0.25, 0.3) is 0 Å². The molecule has 550 valence electrons. The van der Waals surface area contributed by atoms with E-state index in [0.29, 0.717) is 84.6 Å². The number of anilines is 11. The summed E-state index contributed by atoms with van der Waals surface area (Å²) < 4.78 is 152. The first-order valence-corrected chi connectivity index (χ1v) is 35.9. The third-order valence-electron chi connectivity index (χ3n) is 16.7. The number of benzene rings is 10. The summed E-state index contributed by atoms with van der Waals surface area (Å²) in [6.07, 6.45) is 0. The average molecular weight is 1570 g/mol. The highest BCUT2D eigenvalue weighted by molar-refractivity contribution is 14.1. The van der Waals surface area contributed by atoms with E-state index in [9.17, 15) is 8.34 Å². The number of hydrogen-bond acceptors (Lipinski definition) is 4. The molecule has 0 fully saturated rings. The van der Waals surface area contributed by atoms with Gasteiger partial charge in [-0.3, -0.25) is 0 Å². The molecule has 1 N–H and O–H groups in total.